The molecule has 0 saturated carbocycles. The van der Waals surface area contributed by atoms with Crippen molar-refractivity contribution >= 4 is 34.1 Å². The normalized spacial score (nSPS) is 13.0. The first kappa shape index (κ1) is 39.2. The third-order valence-corrected chi connectivity index (χ3v) is 14.8. The van der Waals surface area contributed by atoms with Gasteiger partial charge in [-0.2, -0.15) is 0 Å². The zero-order valence-corrected chi connectivity index (χ0v) is 37.8. The zero-order valence-electron chi connectivity index (χ0n) is 37.8. The summed E-state index contributed by atoms with van der Waals surface area (Å²) >= 11 is 0. The van der Waals surface area contributed by atoms with Crippen molar-refractivity contribution in [2.75, 3.05) is 9.80 Å². The van der Waals surface area contributed by atoms with E-state index in [1.54, 1.807) is 0 Å². The lowest BCUT2D eigenvalue weighted by Gasteiger charge is -2.35. The number of hydrogen-bond acceptors (Lipinski definition) is 2. The molecule has 0 N–H and O–H groups in total. The van der Waals surface area contributed by atoms with Gasteiger partial charge in [0.25, 0.3) is 0 Å². The Bertz CT molecular complexity index is 3750. The van der Waals surface area contributed by atoms with E-state index >= 15 is 0 Å². The smallest absolute Gasteiger partial charge is 0.0725 e. The summed E-state index contributed by atoms with van der Waals surface area (Å²) < 4.78 is 0. The molecule has 0 atom stereocenters. The molecule has 1 aliphatic heterocycles. The van der Waals surface area contributed by atoms with E-state index in [0.717, 1.165) is 39.7 Å². The lowest BCUT2D eigenvalue weighted by atomic mass is 9.66. The molecule has 0 amide bonds. The molecule has 1 heterocycles. The van der Waals surface area contributed by atoms with Crippen molar-refractivity contribution in [3.05, 3.63) is 289 Å². The zero-order chi connectivity index (χ0) is 45.5. The predicted molar refractivity (Wildman–Crippen MR) is 287 cm³/mol. The van der Waals surface area contributed by atoms with E-state index in [1.165, 1.54) is 83.5 Å². The van der Waals surface area contributed by atoms with E-state index in [2.05, 4.69) is 277 Å². The van der Waals surface area contributed by atoms with Gasteiger partial charge in [-0.1, -0.05) is 212 Å². The fourth-order valence-corrected chi connectivity index (χ4v) is 12.0. The second kappa shape index (κ2) is 15.6. The number of hydrogen-bond donors (Lipinski definition) is 0. The quantitative estimate of drug-likeness (QED) is 0.170. The van der Waals surface area contributed by atoms with Crippen LogP contribution in [0.2, 0.25) is 0 Å². The van der Waals surface area contributed by atoms with Crippen LogP contribution in [-0.4, -0.2) is 0 Å². The van der Waals surface area contributed by atoms with Crippen LogP contribution in [0.3, 0.4) is 0 Å². The summed E-state index contributed by atoms with van der Waals surface area (Å²) in [5.41, 5.74) is 26.0. The van der Waals surface area contributed by atoms with E-state index in [0.29, 0.717) is 0 Å². The molecule has 0 aromatic heterocycles. The average Bonchev–Trinajstić information content (AvgIpc) is 3.58. The van der Waals surface area contributed by atoms with Crippen LogP contribution in [0.15, 0.2) is 267 Å². The first-order valence-corrected chi connectivity index (χ1v) is 23.9. The maximum atomic E-state index is 2.49. The Labute approximate surface area is 403 Å². The highest BCUT2D eigenvalue weighted by molar-refractivity contribution is 6.05. The fraction of sp³-hybridized carbons (Fsp3) is 0.0149. The molecular weight excluding hydrogens is 833 g/mol. The molecule has 0 unspecified atom stereocenters. The lowest BCUT2D eigenvalue weighted by Crippen LogP contribution is -2.29. The van der Waals surface area contributed by atoms with Gasteiger partial charge in [0.1, 0.15) is 0 Å². The molecule has 0 saturated heterocycles. The highest BCUT2D eigenvalue weighted by Crippen LogP contribution is 2.62. The van der Waals surface area contributed by atoms with E-state index in [4.69, 9.17) is 0 Å². The van der Waals surface area contributed by atoms with Crippen LogP contribution in [0, 0.1) is 0 Å². The maximum absolute atomic E-state index is 2.49. The fourth-order valence-electron chi connectivity index (χ4n) is 12.0. The van der Waals surface area contributed by atoms with Crippen molar-refractivity contribution in [2.24, 2.45) is 0 Å². The molecule has 0 bridgehead atoms. The molecule has 0 fully saturated rings. The van der Waals surface area contributed by atoms with E-state index < -0.39 is 5.41 Å². The summed E-state index contributed by atoms with van der Waals surface area (Å²) in [4.78, 5) is 4.93. The molecular formula is C67H44N2. The van der Waals surface area contributed by atoms with Gasteiger partial charge in [-0.05, 0) is 127 Å². The van der Waals surface area contributed by atoms with Gasteiger partial charge in [-0.25, -0.2) is 0 Å². The third kappa shape index (κ3) is 5.79. The van der Waals surface area contributed by atoms with Crippen LogP contribution in [0.1, 0.15) is 22.3 Å². The molecule has 2 aliphatic carbocycles. The summed E-state index contributed by atoms with van der Waals surface area (Å²) in [6.07, 6.45) is 0. The van der Waals surface area contributed by atoms with Gasteiger partial charge in [0.15, 0.2) is 0 Å². The highest BCUT2D eigenvalue weighted by Gasteiger charge is 2.49. The van der Waals surface area contributed by atoms with Gasteiger partial charge in [-0.3, -0.25) is 0 Å². The number of fused-ring (bicyclic) bond motifs is 17. The first-order valence-electron chi connectivity index (χ1n) is 23.9. The molecule has 14 rings (SSSR count). The van der Waals surface area contributed by atoms with Gasteiger partial charge >= 0.3 is 0 Å². The van der Waals surface area contributed by atoms with Crippen molar-refractivity contribution < 1.29 is 0 Å². The minimum Gasteiger partial charge on any atom is -0.310 e. The minimum atomic E-state index is -0.562. The lowest BCUT2D eigenvalue weighted by molar-refractivity contribution is 0.775. The monoisotopic (exact) mass is 876 g/mol. The van der Waals surface area contributed by atoms with Gasteiger partial charge in [0.05, 0.1) is 22.5 Å². The summed E-state index contributed by atoms with van der Waals surface area (Å²) in [7, 11) is 0. The van der Waals surface area contributed by atoms with Crippen LogP contribution in [0.5, 0.6) is 0 Å². The maximum Gasteiger partial charge on any atom is 0.0725 e. The van der Waals surface area contributed by atoms with E-state index in [9.17, 15) is 0 Å². The van der Waals surface area contributed by atoms with Crippen molar-refractivity contribution in [3.8, 4) is 66.8 Å². The van der Waals surface area contributed by atoms with Gasteiger partial charge in [0, 0.05) is 33.8 Å². The van der Waals surface area contributed by atoms with Crippen LogP contribution < -0.4 is 9.80 Å². The Balaban J connectivity index is 1.04. The summed E-state index contributed by atoms with van der Waals surface area (Å²) in [5.74, 6) is 0. The third-order valence-electron chi connectivity index (χ3n) is 14.8. The Hall–Kier alpha value is -8.98. The molecule has 2 heteroatoms. The Morgan fingerprint density at radius 1 is 0.261 bits per heavy atom. The molecule has 0 radical (unpaired) electrons. The van der Waals surface area contributed by atoms with Gasteiger partial charge < -0.3 is 9.80 Å². The van der Waals surface area contributed by atoms with Crippen molar-refractivity contribution in [1.29, 1.82) is 0 Å². The number of anilines is 6. The van der Waals surface area contributed by atoms with E-state index in [1.807, 2.05) is 0 Å². The Morgan fingerprint density at radius 3 is 1.26 bits per heavy atom. The Morgan fingerprint density at radius 2 is 0.652 bits per heavy atom. The summed E-state index contributed by atoms with van der Waals surface area (Å²) in [5, 5.41) is 0. The molecule has 69 heavy (non-hydrogen) atoms. The second-order valence-corrected chi connectivity index (χ2v) is 18.3. The molecule has 2 nitrogen and oxygen atoms in total. The molecule has 11 aromatic carbocycles. The van der Waals surface area contributed by atoms with Crippen LogP contribution in [-0.2, 0) is 5.41 Å². The van der Waals surface area contributed by atoms with Crippen LogP contribution in [0.4, 0.5) is 34.1 Å². The van der Waals surface area contributed by atoms with Gasteiger partial charge in [0.2, 0.25) is 0 Å². The standard InChI is InChI=1S/C67H44N2/c1-3-21-45(22-4-1)49-25-14-19-37-64(49)68(48-40-42-66-59(44-48)53-29-10-9-28-52(53)57-33-15-20-38-65(57)69(66)46-23-5-2-6-24-46)47-39-41-63-58(43-47)56-32-13-18-36-62(56)67(63)60-34-16-11-30-54(60)50-26-7-8-27-51(50)55-31-12-17-35-61(55)67/h1-44H. The van der Waals surface area contributed by atoms with Crippen LogP contribution in [0.25, 0.3) is 66.8 Å². The largest absolute Gasteiger partial charge is 0.310 e. The Kier molecular flexibility index (Phi) is 8.84. The minimum absolute atomic E-state index is 0.562. The topological polar surface area (TPSA) is 6.48 Å². The number of rotatable bonds is 5. The number of para-hydroxylation sites is 3. The van der Waals surface area contributed by atoms with E-state index in [-0.39, 0.29) is 0 Å². The second-order valence-electron chi connectivity index (χ2n) is 18.3. The van der Waals surface area contributed by atoms with Crippen molar-refractivity contribution in [2.45, 2.75) is 5.41 Å². The highest BCUT2D eigenvalue weighted by atomic mass is 15.2. The molecule has 3 aliphatic rings. The molecule has 322 valence electrons. The SMILES string of the molecule is c1ccc(-c2ccccc2N(c2ccc3c(c2)-c2ccccc2-c2ccccc2N3c2ccccc2)c2ccc3c(c2)-c2ccccc2C32c3ccccc3-c3ccccc3-c3ccccc32)cc1. The predicted octanol–water partition coefficient (Wildman–Crippen LogP) is 18.0. The average molecular weight is 877 g/mol. The number of benzene rings is 11. The van der Waals surface area contributed by atoms with Gasteiger partial charge in [-0.15, -0.1) is 0 Å². The number of nitrogens with zero attached hydrogens (tertiary/aromatic N) is 2. The molecule has 11 aromatic rings. The molecule has 1 spiro atoms. The van der Waals surface area contributed by atoms with Crippen molar-refractivity contribution in [1.82, 2.24) is 0 Å². The summed E-state index contributed by atoms with van der Waals surface area (Å²) in [6, 6.07) is 99.0. The summed E-state index contributed by atoms with van der Waals surface area (Å²) in [6.45, 7) is 0. The van der Waals surface area contributed by atoms with Crippen LogP contribution >= 0.6 is 0 Å². The van der Waals surface area contributed by atoms with Crippen molar-refractivity contribution in [3.63, 3.8) is 0 Å². The first-order chi connectivity index (χ1) is 34.3.